The van der Waals surface area contributed by atoms with E-state index in [0.29, 0.717) is 11.1 Å². The van der Waals surface area contributed by atoms with Crippen molar-refractivity contribution in [3.63, 3.8) is 0 Å². The van der Waals surface area contributed by atoms with Crippen molar-refractivity contribution in [1.82, 2.24) is 9.21 Å². The second-order valence-electron chi connectivity index (χ2n) is 5.11. The molecule has 0 unspecified atom stereocenters. The van der Waals surface area contributed by atoms with Gasteiger partial charge in [0.05, 0.1) is 12.8 Å². The van der Waals surface area contributed by atoms with E-state index in [9.17, 15) is 22.0 Å². The quantitative estimate of drug-likeness (QED) is 0.826. The monoisotopic (exact) mass is 318 g/mol. The first-order chi connectivity index (χ1) is 9.68. The standard InChI is InChI=1S/C13H16F2N2O3S/c1-16(21(2,19)20)8-13(18)17-4-3-11-9(7-17)5-10(14)6-12(11)15/h5-6H,3-4,7-8H2,1-2H3. The van der Waals surface area contributed by atoms with E-state index in [1.54, 1.807) is 0 Å². The average molecular weight is 318 g/mol. The maximum atomic E-state index is 13.6. The van der Waals surface area contributed by atoms with Crippen molar-refractivity contribution in [3.8, 4) is 0 Å². The molecule has 0 N–H and O–H groups in total. The fourth-order valence-electron chi connectivity index (χ4n) is 2.23. The van der Waals surface area contributed by atoms with Gasteiger partial charge in [-0.1, -0.05) is 0 Å². The van der Waals surface area contributed by atoms with Crippen LogP contribution in [0.5, 0.6) is 0 Å². The number of carbonyl (C=O) groups excluding carboxylic acids is 1. The molecule has 5 nitrogen and oxygen atoms in total. The first-order valence-electron chi connectivity index (χ1n) is 6.34. The third kappa shape index (κ3) is 3.56. The van der Waals surface area contributed by atoms with Gasteiger partial charge < -0.3 is 4.90 Å². The number of benzene rings is 1. The van der Waals surface area contributed by atoms with Gasteiger partial charge >= 0.3 is 0 Å². The molecule has 116 valence electrons. The van der Waals surface area contributed by atoms with Crippen LogP contribution >= 0.6 is 0 Å². The van der Waals surface area contributed by atoms with E-state index in [1.807, 2.05) is 0 Å². The van der Waals surface area contributed by atoms with Crippen molar-refractivity contribution in [1.29, 1.82) is 0 Å². The second kappa shape index (κ2) is 5.69. The lowest BCUT2D eigenvalue weighted by Gasteiger charge is -2.30. The highest BCUT2D eigenvalue weighted by atomic mass is 32.2. The largest absolute Gasteiger partial charge is 0.337 e. The summed E-state index contributed by atoms with van der Waals surface area (Å²) in [5.74, 6) is -1.68. The molecule has 0 saturated heterocycles. The van der Waals surface area contributed by atoms with Gasteiger partial charge in [0.1, 0.15) is 11.6 Å². The number of likely N-dealkylation sites (N-methyl/N-ethyl adjacent to an activating group) is 1. The zero-order valence-electron chi connectivity index (χ0n) is 11.8. The van der Waals surface area contributed by atoms with Crippen molar-refractivity contribution >= 4 is 15.9 Å². The Labute approximate surface area is 122 Å². The Morgan fingerprint density at radius 2 is 2.05 bits per heavy atom. The zero-order chi connectivity index (χ0) is 15.8. The molecule has 0 bridgehead atoms. The van der Waals surface area contributed by atoms with Gasteiger partial charge in [0.25, 0.3) is 0 Å². The molecule has 1 aromatic rings. The van der Waals surface area contributed by atoms with Crippen LogP contribution < -0.4 is 0 Å². The predicted octanol–water partition coefficient (Wildman–Crippen LogP) is 0.741. The molecular formula is C13H16F2N2O3S. The first-order valence-corrected chi connectivity index (χ1v) is 8.19. The molecule has 1 amide bonds. The molecular weight excluding hydrogens is 302 g/mol. The third-order valence-corrected chi connectivity index (χ3v) is 4.78. The summed E-state index contributed by atoms with van der Waals surface area (Å²) in [7, 11) is -2.13. The Balaban J connectivity index is 2.13. The van der Waals surface area contributed by atoms with Crippen LogP contribution in [0.15, 0.2) is 12.1 Å². The Hall–Kier alpha value is -1.54. The van der Waals surface area contributed by atoms with E-state index in [-0.39, 0.29) is 26.1 Å². The molecule has 1 heterocycles. The van der Waals surface area contributed by atoms with E-state index < -0.39 is 27.6 Å². The molecule has 8 heteroatoms. The van der Waals surface area contributed by atoms with Gasteiger partial charge in [-0.2, -0.15) is 4.31 Å². The van der Waals surface area contributed by atoms with Gasteiger partial charge in [0.2, 0.25) is 15.9 Å². The minimum absolute atomic E-state index is 0.0838. The number of amides is 1. The van der Waals surface area contributed by atoms with Gasteiger partial charge in [-0.15, -0.1) is 0 Å². The van der Waals surface area contributed by atoms with E-state index in [2.05, 4.69) is 0 Å². The molecule has 0 aliphatic carbocycles. The number of halogens is 2. The summed E-state index contributed by atoms with van der Waals surface area (Å²) in [6.45, 7) is 0.0817. The van der Waals surface area contributed by atoms with E-state index >= 15 is 0 Å². The van der Waals surface area contributed by atoms with Crippen LogP contribution in [0.4, 0.5) is 8.78 Å². The fourth-order valence-corrected chi connectivity index (χ4v) is 2.57. The number of fused-ring (bicyclic) bond motifs is 1. The Morgan fingerprint density at radius 1 is 1.38 bits per heavy atom. The van der Waals surface area contributed by atoms with Crippen LogP contribution in [-0.4, -0.2) is 49.9 Å². The number of sulfonamides is 1. The van der Waals surface area contributed by atoms with Crippen LogP contribution in [0.25, 0.3) is 0 Å². The van der Waals surface area contributed by atoms with Crippen molar-refractivity contribution < 1.29 is 22.0 Å². The van der Waals surface area contributed by atoms with Crippen LogP contribution in [0, 0.1) is 11.6 Å². The van der Waals surface area contributed by atoms with Gasteiger partial charge in [0.15, 0.2) is 0 Å². The summed E-state index contributed by atoms with van der Waals surface area (Å²) in [6.07, 6.45) is 1.30. The number of hydrogen-bond donors (Lipinski definition) is 0. The Kier molecular flexibility index (Phi) is 4.29. The van der Waals surface area contributed by atoms with E-state index in [4.69, 9.17) is 0 Å². The third-order valence-electron chi connectivity index (χ3n) is 3.52. The lowest BCUT2D eigenvalue weighted by molar-refractivity contribution is -0.132. The molecule has 2 rings (SSSR count). The number of hydrogen-bond acceptors (Lipinski definition) is 3. The maximum Gasteiger partial charge on any atom is 0.238 e. The van der Waals surface area contributed by atoms with Crippen LogP contribution in [0.1, 0.15) is 11.1 Å². The molecule has 0 atom stereocenters. The summed E-state index contributed by atoms with van der Waals surface area (Å²) in [6, 6.07) is 2.03. The van der Waals surface area contributed by atoms with Crippen molar-refractivity contribution in [2.75, 3.05) is 26.4 Å². The van der Waals surface area contributed by atoms with Gasteiger partial charge in [-0.3, -0.25) is 4.79 Å². The second-order valence-corrected chi connectivity index (χ2v) is 7.20. The highest BCUT2D eigenvalue weighted by Gasteiger charge is 2.25. The zero-order valence-corrected chi connectivity index (χ0v) is 12.6. The molecule has 1 aliphatic heterocycles. The van der Waals surface area contributed by atoms with Crippen molar-refractivity contribution in [2.45, 2.75) is 13.0 Å². The van der Waals surface area contributed by atoms with Crippen LogP contribution in [0.3, 0.4) is 0 Å². The van der Waals surface area contributed by atoms with Gasteiger partial charge in [0, 0.05) is 26.2 Å². The van der Waals surface area contributed by atoms with Crippen LogP contribution in [0.2, 0.25) is 0 Å². The fraction of sp³-hybridized carbons (Fsp3) is 0.462. The summed E-state index contributed by atoms with van der Waals surface area (Å²) in [5.41, 5.74) is 0.839. The van der Waals surface area contributed by atoms with Crippen LogP contribution in [-0.2, 0) is 27.8 Å². The molecule has 21 heavy (non-hydrogen) atoms. The molecule has 0 spiro atoms. The smallest absolute Gasteiger partial charge is 0.238 e. The molecule has 0 saturated carbocycles. The molecule has 1 aromatic carbocycles. The summed E-state index contributed by atoms with van der Waals surface area (Å²) in [4.78, 5) is 13.5. The number of nitrogens with zero attached hydrogens (tertiary/aromatic N) is 2. The highest BCUT2D eigenvalue weighted by molar-refractivity contribution is 7.88. The summed E-state index contributed by atoms with van der Waals surface area (Å²) >= 11 is 0. The SMILES string of the molecule is CN(CC(=O)N1CCc2c(F)cc(F)cc2C1)S(C)(=O)=O. The van der Waals surface area contributed by atoms with E-state index in [1.165, 1.54) is 18.0 Å². The summed E-state index contributed by atoms with van der Waals surface area (Å²) in [5, 5.41) is 0. The van der Waals surface area contributed by atoms with Gasteiger partial charge in [-0.25, -0.2) is 17.2 Å². The topological polar surface area (TPSA) is 57.7 Å². The normalized spacial score (nSPS) is 15.2. The summed E-state index contributed by atoms with van der Waals surface area (Å²) < 4.78 is 50.3. The number of rotatable bonds is 3. The number of carbonyl (C=O) groups is 1. The molecule has 0 aromatic heterocycles. The lowest BCUT2D eigenvalue weighted by atomic mass is 9.99. The maximum absolute atomic E-state index is 13.6. The first kappa shape index (κ1) is 15.8. The highest BCUT2D eigenvalue weighted by Crippen LogP contribution is 2.23. The Bertz CT molecular complexity index is 676. The molecule has 0 radical (unpaired) electrons. The van der Waals surface area contributed by atoms with Gasteiger partial charge in [-0.05, 0) is 23.6 Å². The predicted molar refractivity (Wildman–Crippen MR) is 73.0 cm³/mol. The minimum atomic E-state index is -3.44. The van der Waals surface area contributed by atoms with E-state index in [0.717, 1.165) is 16.6 Å². The van der Waals surface area contributed by atoms with Crippen molar-refractivity contribution in [2.24, 2.45) is 0 Å². The lowest BCUT2D eigenvalue weighted by Crippen LogP contribution is -2.43. The molecule has 1 aliphatic rings. The molecule has 0 fully saturated rings. The minimum Gasteiger partial charge on any atom is -0.337 e. The van der Waals surface area contributed by atoms with Crippen molar-refractivity contribution in [3.05, 3.63) is 34.9 Å². The average Bonchev–Trinajstić information content (AvgIpc) is 2.36. The Morgan fingerprint density at radius 3 is 2.67 bits per heavy atom.